The molecular weight excluding hydrogens is 312 g/mol. The second kappa shape index (κ2) is 7.12. The fraction of sp³-hybridized carbons (Fsp3) is 0.375. The van der Waals surface area contributed by atoms with Crippen molar-refractivity contribution < 1.29 is 18.8 Å². The molecule has 1 aromatic carbocycles. The summed E-state index contributed by atoms with van der Waals surface area (Å²) in [5.74, 6) is 0.662. The van der Waals surface area contributed by atoms with Crippen LogP contribution in [0.5, 0.6) is 5.75 Å². The molecule has 0 unspecified atom stereocenters. The monoisotopic (exact) mass is 330 g/mol. The summed E-state index contributed by atoms with van der Waals surface area (Å²) >= 11 is 0. The molecule has 1 saturated carbocycles. The second-order valence-electron chi connectivity index (χ2n) is 5.64. The van der Waals surface area contributed by atoms with Gasteiger partial charge in [-0.15, -0.1) is 0 Å². The zero-order chi connectivity index (χ0) is 16.9. The third-order valence-corrected chi connectivity index (χ3v) is 3.47. The normalized spacial score (nSPS) is 13.4. The first kappa shape index (κ1) is 16.0. The third-order valence-electron chi connectivity index (χ3n) is 3.47. The number of carbonyl (C=O) groups is 2. The quantitative estimate of drug-likeness (QED) is 0.801. The highest BCUT2D eigenvalue weighted by Gasteiger charge is 2.23. The number of carbonyl (C=O) groups excluding carboxylic acids is 2. The van der Waals surface area contributed by atoms with Crippen LogP contribution in [0.4, 0.5) is 5.69 Å². The van der Waals surface area contributed by atoms with Gasteiger partial charge in [0, 0.05) is 13.5 Å². The molecule has 24 heavy (non-hydrogen) atoms. The molecule has 0 radical (unpaired) electrons. The Bertz CT molecular complexity index is 739. The number of ether oxygens (including phenoxy) is 1. The van der Waals surface area contributed by atoms with E-state index >= 15 is 0 Å². The van der Waals surface area contributed by atoms with Crippen LogP contribution < -0.4 is 15.4 Å². The summed E-state index contributed by atoms with van der Waals surface area (Å²) in [6.45, 7) is 2.08. The summed E-state index contributed by atoms with van der Waals surface area (Å²) in [4.78, 5) is 27.0. The number of benzene rings is 1. The molecule has 2 N–H and O–H groups in total. The lowest BCUT2D eigenvalue weighted by molar-refractivity contribution is -0.114. The van der Waals surface area contributed by atoms with Crippen LogP contribution in [-0.2, 0) is 11.4 Å². The van der Waals surface area contributed by atoms with Crippen LogP contribution in [0, 0.1) is 5.92 Å². The van der Waals surface area contributed by atoms with Crippen molar-refractivity contribution in [3.05, 3.63) is 36.0 Å². The number of hydrogen-bond acceptors (Lipinski definition) is 6. The van der Waals surface area contributed by atoms with Crippen molar-refractivity contribution in [1.82, 2.24) is 15.5 Å². The number of anilines is 1. The van der Waals surface area contributed by atoms with E-state index in [0.717, 1.165) is 12.8 Å². The van der Waals surface area contributed by atoms with Gasteiger partial charge in [-0.2, -0.15) is 4.98 Å². The lowest BCUT2D eigenvalue weighted by Crippen LogP contribution is -2.25. The molecule has 2 aromatic rings. The zero-order valence-corrected chi connectivity index (χ0v) is 13.2. The first-order valence-electron chi connectivity index (χ1n) is 7.72. The minimum Gasteiger partial charge on any atom is -0.483 e. The highest BCUT2D eigenvalue weighted by molar-refractivity contribution is 5.90. The molecule has 0 saturated heterocycles. The van der Waals surface area contributed by atoms with Crippen molar-refractivity contribution in [3.8, 4) is 5.75 Å². The summed E-state index contributed by atoms with van der Waals surface area (Å²) in [7, 11) is 0. The zero-order valence-electron chi connectivity index (χ0n) is 13.2. The van der Waals surface area contributed by atoms with Gasteiger partial charge in [-0.25, -0.2) is 0 Å². The predicted octanol–water partition coefficient (Wildman–Crippen LogP) is 1.75. The SMILES string of the molecule is CC(=O)Nc1ccccc1OCc1noc(C(=O)NCC2CC2)n1. The molecular formula is C16H18N4O4. The minimum absolute atomic E-state index is 0.0238. The van der Waals surface area contributed by atoms with Gasteiger partial charge in [-0.05, 0) is 30.9 Å². The van der Waals surface area contributed by atoms with Gasteiger partial charge in [-0.3, -0.25) is 9.59 Å². The van der Waals surface area contributed by atoms with Gasteiger partial charge in [0.1, 0.15) is 5.75 Å². The molecule has 2 amide bonds. The summed E-state index contributed by atoms with van der Waals surface area (Å²) in [5, 5.41) is 9.16. The Hall–Kier alpha value is -2.90. The molecule has 1 fully saturated rings. The van der Waals surface area contributed by atoms with Crippen LogP contribution in [-0.4, -0.2) is 28.5 Å². The Balaban J connectivity index is 1.57. The van der Waals surface area contributed by atoms with Gasteiger partial charge < -0.3 is 19.9 Å². The summed E-state index contributed by atoms with van der Waals surface area (Å²) in [6, 6.07) is 7.01. The smallest absolute Gasteiger partial charge is 0.316 e. The Kier molecular flexibility index (Phi) is 4.74. The predicted molar refractivity (Wildman–Crippen MR) is 84.4 cm³/mol. The fourth-order valence-electron chi connectivity index (χ4n) is 2.07. The molecule has 0 aliphatic heterocycles. The number of para-hydroxylation sites is 2. The molecule has 8 heteroatoms. The molecule has 8 nitrogen and oxygen atoms in total. The van der Waals surface area contributed by atoms with Crippen molar-refractivity contribution in [3.63, 3.8) is 0 Å². The van der Waals surface area contributed by atoms with Gasteiger partial charge in [0.25, 0.3) is 0 Å². The van der Waals surface area contributed by atoms with Crippen molar-refractivity contribution >= 4 is 17.5 Å². The maximum atomic E-state index is 11.8. The van der Waals surface area contributed by atoms with E-state index in [1.54, 1.807) is 24.3 Å². The standard InChI is InChI=1S/C16H18N4O4/c1-10(21)18-12-4-2-3-5-13(12)23-9-14-19-16(24-20-14)15(22)17-8-11-6-7-11/h2-5,11H,6-9H2,1H3,(H,17,22)(H,18,21). The average molecular weight is 330 g/mol. The van der Waals surface area contributed by atoms with Crippen LogP contribution in [0.3, 0.4) is 0 Å². The van der Waals surface area contributed by atoms with Crippen molar-refractivity contribution in [2.75, 3.05) is 11.9 Å². The lowest BCUT2D eigenvalue weighted by Gasteiger charge is -2.09. The van der Waals surface area contributed by atoms with E-state index in [4.69, 9.17) is 9.26 Å². The van der Waals surface area contributed by atoms with E-state index in [-0.39, 0.29) is 30.1 Å². The Labute approximate surface area is 138 Å². The summed E-state index contributed by atoms with van der Waals surface area (Å²) in [5.41, 5.74) is 0.552. The summed E-state index contributed by atoms with van der Waals surface area (Å²) in [6.07, 6.45) is 2.30. The highest BCUT2D eigenvalue weighted by atomic mass is 16.5. The van der Waals surface area contributed by atoms with E-state index in [0.29, 0.717) is 23.9 Å². The molecule has 1 aromatic heterocycles. The van der Waals surface area contributed by atoms with Gasteiger partial charge in [0.2, 0.25) is 11.7 Å². The van der Waals surface area contributed by atoms with Crippen molar-refractivity contribution in [2.24, 2.45) is 5.92 Å². The lowest BCUT2D eigenvalue weighted by atomic mass is 10.3. The largest absolute Gasteiger partial charge is 0.483 e. The molecule has 1 aliphatic carbocycles. The first-order chi connectivity index (χ1) is 11.6. The van der Waals surface area contributed by atoms with Crippen LogP contribution >= 0.6 is 0 Å². The van der Waals surface area contributed by atoms with Crippen molar-refractivity contribution in [1.29, 1.82) is 0 Å². The number of hydrogen-bond donors (Lipinski definition) is 2. The number of nitrogens with zero attached hydrogens (tertiary/aromatic N) is 2. The number of amides is 2. The highest BCUT2D eigenvalue weighted by Crippen LogP contribution is 2.27. The van der Waals surface area contributed by atoms with Crippen LogP contribution in [0.1, 0.15) is 36.3 Å². The van der Waals surface area contributed by atoms with E-state index in [9.17, 15) is 9.59 Å². The van der Waals surface area contributed by atoms with Gasteiger partial charge in [0.05, 0.1) is 5.69 Å². The Morgan fingerprint density at radius 3 is 2.88 bits per heavy atom. The average Bonchev–Trinajstić information content (AvgIpc) is 3.27. The van der Waals surface area contributed by atoms with Gasteiger partial charge >= 0.3 is 11.8 Å². The van der Waals surface area contributed by atoms with Crippen LogP contribution in [0.25, 0.3) is 0 Å². The molecule has 126 valence electrons. The minimum atomic E-state index is -0.376. The van der Waals surface area contributed by atoms with Crippen LogP contribution in [0.2, 0.25) is 0 Å². The summed E-state index contributed by atoms with van der Waals surface area (Å²) < 4.78 is 10.5. The van der Waals surface area contributed by atoms with E-state index in [2.05, 4.69) is 20.8 Å². The fourth-order valence-corrected chi connectivity index (χ4v) is 2.07. The van der Waals surface area contributed by atoms with Gasteiger partial charge in [-0.1, -0.05) is 17.3 Å². The number of rotatable bonds is 7. The number of aromatic nitrogens is 2. The van der Waals surface area contributed by atoms with Crippen LogP contribution in [0.15, 0.2) is 28.8 Å². The van der Waals surface area contributed by atoms with E-state index in [1.807, 2.05) is 0 Å². The molecule has 1 heterocycles. The Morgan fingerprint density at radius 2 is 2.12 bits per heavy atom. The second-order valence-corrected chi connectivity index (χ2v) is 5.64. The molecule has 1 aliphatic rings. The topological polar surface area (TPSA) is 106 Å². The van der Waals surface area contributed by atoms with Gasteiger partial charge in [0.15, 0.2) is 6.61 Å². The first-order valence-corrected chi connectivity index (χ1v) is 7.72. The molecule has 3 rings (SSSR count). The maximum Gasteiger partial charge on any atom is 0.316 e. The maximum absolute atomic E-state index is 11.8. The van der Waals surface area contributed by atoms with E-state index < -0.39 is 0 Å². The molecule has 0 atom stereocenters. The number of nitrogens with one attached hydrogen (secondary N) is 2. The molecule has 0 bridgehead atoms. The third kappa shape index (κ3) is 4.31. The van der Waals surface area contributed by atoms with E-state index in [1.165, 1.54) is 6.92 Å². The Morgan fingerprint density at radius 1 is 1.33 bits per heavy atom. The van der Waals surface area contributed by atoms with Crippen molar-refractivity contribution in [2.45, 2.75) is 26.4 Å². The molecule has 0 spiro atoms.